The molecule has 2 aromatic rings. The number of hydrogen-bond donors (Lipinski definition) is 3. The number of ether oxygens (including phenoxy) is 1. The minimum absolute atomic E-state index is 0. The monoisotopic (exact) mass is 374 g/mol. The molecule has 1 aliphatic rings. The maximum atomic E-state index is 12.4. The van der Waals surface area contributed by atoms with Gasteiger partial charge in [0, 0.05) is 13.1 Å². The zero-order valence-corrected chi connectivity index (χ0v) is 15.4. The highest BCUT2D eigenvalue weighted by Crippen LogP contribution is 2.22. The summed E-state index contributed by atoms with van der Waals surface area (Å²) in [5.41, 5.74) is 1.89. The van der Waals surface area contributed by atoms with Gasteiger partial charge in [-0.15, -0.1) is 24.8 Å². The van der Waals surface area contributed by atoms with Gasteiger partial charge in [0.2, 0.25) is 0 Å². The summed E-state index contributed by atoms with van der Waals surface area (Å²) >= 11 is 0. The first-order valence-corrected chi connectivity index (χ1v) is 7.72. The topological polar surface area (TPSA) is 79.0 Å². The molecule has 0 aliphatic carbocycles. The number of fused-ring (bicyclic) bond motifs is 1. The number of benzene rings is 1. The number of imidazole rings is 1. The molecule has 3 N–H and O–H groups in total. The number of nitrogens with one attached hydrogen (secondary N) is 3. The van der Waals surface area contributed by atoms with E-state index >= 15 is 0 Å². The molecule has 2 heterocycles. The van der Waals surface area contributed by atoms with Crippen molar-refractivity contribution in [3.05, 3.63) is 30.1 Å². The molecular weight excluding hydrogens is 351 g/mol. The fourth-order valence-electron chi connectivity index (χ4n) is 2.65. The molecule has 134 valence electrons. The van der Waals surface area contributed by atoms with Crippen LogP contribution in [-0.4, -0.2) is 41.7 Å². The van der Waals surface area contributed by atoms with Crippen molar-refractivity contribution in [3.63, 3.8) is 0 Å². The van der Waals surface area contributed by atoms with Crippen LogP contribution in [0.25, 0.3) is 11.0 Å². The highest BCUT2D eigenvalue weighted by atomic mass is 35.5. The van der Waals surface area contributed by atoms with Crippen LogP contribution in [0.2, 0.25) is 0 Å². The van der Waals surface area contributed by atoms with Crippen molar-refractivity contribution in [1.82, 2.24) is 20.6 Å². The molecule has 6 nitrogen and oxygen atoms in total. The summed E-state index contributed by atoms with van der Waals surface area (Å²) in [4.78, 5) is 20.3. The minimum atomic E-state index is -0.431. The SMILES string of the molecule is CC(C)C(NC(=O)C1CNCCO1)c1nc2ccccc2[nH]1.Cl.Cl. The highest BCUT2D eigenvalue weighted by Gasteiger charge is 2.27. The van der Waals surface area contributed by atoms with E-state index in [1.54, 1.807) is 0 Å². The van der Waals surface area contributed by atoms with Crippen LogP contribution >= 0.6 is 24.8 Å². The molecule has 24 heavy (non-hydrogen) atoms. The molecule has 1 aromatic heterocycles. The van der Waals surface area contributed by atoms with E-state index in [4.69, 9.17) is 4.74 Å². The fraction of sp³-hybridized carbons (Fsp3) is 0.500. The maximum absolute atomic E-state index is 12.4. The predicted octanol–water partition coefficient (Wildman–Crippen LogP) is 2.21. The van der Waals surface area contributed by atoms with Gasteiger partial charge in [-0.1, -0.05) is 26.0 Å². The standard InChI is InChI=1S/C16H22N4O2.2ClH/c1-10(2)14(20-16(21)13-9-17-7-8-22-13)15-18-11-5-3-4-6-12(11)19-15;;/h3-6,10,13-14,17H,7-9H2,1-2H3,(H,18,19)(H,20,21);2*1H. The fourth-order valence-corrected chi connectivity index (χ4v) is 2.65. The van der Waals surface area contributed by atoms with Gasteiger partial charge in [0.1, 0.15) is 11.9 Å². The van der Waals surface area contributed by atoms with Crippen LogP contribution in [-0.2, 0) is 9.53 Å². The Hall–Kier alpha value is -1.34. The summed E-state index contributed by atoms with van der Waals surface area (Å²) in [7, 11) is 0. The van der Waals surface area contributed by atoms with Crippen LogP contribution in [0, 0.1) is 5.92 Å². The van der Waals surface area contributed by atoms with E-state index in [2.05, 4.69) is 34.4 Å². The van der Waals surface area contributed by atoms with Crippen molar-refractivity contribution in [1.29, 1.82) is 0 Å². The molecule has 1 aliphatic heterocycles. The van der Waals surface area contributed by atoms with E-state index in [1.807, 2.05) is 24.3 Å². The molecule has 1 saturated heterocycles. The number of carbonyl (C=O) groups excluding carboxylic acids is 1. The zero-order valence-electron chi connectivity index (χ0n) is 13.7. The summed E-state index contributed by atoms with van der Waals surface area (Å²) < 4.78 is 5.51. The Bertz CT molecular complexity index is 623. The number of amides is 1. The Balaban J connectivity index is 0.00000144. The first kappa shape index (κ1) is 20.7. The molecule has 1 fully saturated rings. The number of nitrogens with zero attached hydrogens (tertiary/aromatic N) is 1. The third-order valence-corrected chi connectivity index (χ3v) is 3.89. The Labute approximate surface area is 154 Å². The van der Waals surface area contributed by atoms with E-state index < -0.39 is 6.10 Å². The lowest BCUT2D eigenvalue weighted by Gasteiger charge is -2.26. The normalized spacial score (nSPS) is 18.5. The number of aromatic nitrogens is 2. The summed E-state index contributed by atoms with van der Waals surface area (Å²) in [6, 6.07) is 7.71. The van der Waals surface area contributed by atoms with Gasteiger partial charge in [0.15, 0.2) is 0 Å². The van der Waals surface area contributed by atoms with Gasteiger partial charge in [-0.05, 0) is 18.1 Å². The van der Waals surface area contributed by atoms with Crippen LogP contribution in [0.1, 0.15) is 25.7 Å². The van der Waals surface area contributed by atoms with Crippen LogP contribution in [0.3, 0.4) is 0 Å². The van der Waals surface area contributed by atoms with Gasteiger partial charge in [-0.3, -0.25) is 4.79 Å². The van der Waals surface area contributed by atoms with E-state index in [1.165, 1.54) is 0 Å². The zero-order chi connectivity index (χ0) is 15.5. The quantitative estimate of drug-likeness (QED) is 0.766. The van der Waals surface area contributed by atoms with Crippen LogP contribution < -0.4 is 10.6 Å². The van der Waals surface area contributed by atoms with Gasteiger partial charge in [-0.25, -0.2) is 4.98 Å². The van der Waals surface area contributed by atoms with Crippen LogP contribution in [0.15, 0.2) is 24.3 Å². The van der Waals surface area contributed by atoms with Crippen molar-refractivity contribution in [2.45, 2.75) is 26.0 Å². The van der Waals surface area contributed by atoms with Gasteiger partial charge < -0.3 is 20.4 Å². The average molecular weight is 375 g/mol. The lowest BCUT2D eigenvalue weighted by molar-refractivity contribution is -0.135. The van der Waals surface area contributed by atoms with E-state index in [9.17, 15) is 4.79 Å². The van der Waals surface area contributed by atoms with Crippen molar-refractivity contribution in [2.75, 3.05) is 19.7 Å². The third-order valence-electron chi connectivity index (χ3n) is 3.89. The molecule has 0 bridgehead atoms. The van der Waals surface area contributed by atoms with E-state index in [-0.39, 0.29) is 42.7 Å². The lowest BCUT2D eigenvalue weighted by atomic mass is 10.0. The second-order valence-electron chi connectivity index (χ2n) is 5.93. The van der Waals surface area contributed by atoms with Crippen LogP contribution in [0.5, 0.6) is 0 Å². The molecular formula is C16H24Cl2N4O2. The summed E-state index contributed by atoms with van der Waals surface area (Å²) in [6.07, 6.45) is -0.431. The smallest absolute Gasteiger partial charge is 0.251 e. The first-order valence-electron chi connectivity index (χ1n) is 7.72. The number of aromatic amines is 1. The number of carbonyl (C=O) groups is 1. The Kier molecular flexibility index (Phi) is 7.96. The molecule has 8 heteroatoms. The number of halogens is 2. The first-order chi connectivity index (χ1) is 10.6. The number of morpholine rings is 1. The molecule has 1 amide bonds. The van der Waals surface area contributed by atoms with Crippen molar-refractivity contribution < 1.29 is 9.53 Å². The predicted molar refractivity (Wildman–Crippen MR) is 98.9 cm³/mol. The third kappa shape index (κ3) is 4.60. The molecule has 2 atom stereocenters. The summed E-state index contributed by atoms with van der Waals surface area (Å²) in [5.74, 6) is 0.917. The largest absolute Gasteiger partial charge is 0.366 e. The molecule has 0 radical (unpaired) electrons. The maximum Gasteiger partial charge on any atom is 0.251 e. The molecule has 1 aromatic carbocycles. The number of rotatable bonds is 4. The Morgan fingerprint density at radius 3 is 2.71 bits per heavy atom. The average Bonchev–Trinajstić information content (AvgIpc) is 2.96. The van der Waals surface area contributed by atoms with Crippen molar-refractivity contribution in [2.24, 2.45) is 5.92 Å². The highest BCUT2D eigenvalue weighted by molar-refractivity contribution is 5.85. The second-order valence-corrected chi connectivity index (χ2v) is 5.93. The van der Waals surface area contributed by atoms with E-state index in [0.29, 0.717) is 13.2 Å². The number of para-hydroxylation sites is 2. The Morgan fingerprint density at radius 2 is 2.08 bits per heavy atom. The molecule has 2 unspecified atom stereocenters. The number of H-pyrrole nitrogens is 1. The number of hydrogen-bond acceptors (Lipinski definition) is 4. The van der Waals surface area contributed by atoms with Gasteiger partial charge in [0.05, 0.1) is 23.7 Å². The van der Waals surface area contributed by atoms with Gasteiger partial charge in [-0.2, -0.15) is 0 Å². The summed E-state index contributed by atoms with van der Waals surface area (Å²) in [6.45, 7) is 6.04. The lowest BCUT2D eigenvalue weighted by Crippen LogP contribution is -2.49. The van der Waals surface area contributed by atoms with Gasteiger partial charge in [0.25, 0.3) is 5.91 Å². The molecule has 0 saturated carbocycles. The van der Waals surface area contributed by atoms with Gasteiger partial charge >= 0.3 is 0 Å². The van der Waals surface area contributed by atoms with Crippen LogP contribution in [0.4, 0.5) is 0 Å². The van der Waals surface area contributed by atoms with E-state index in [0.717, 1.165) is 23.4 Å². The molecule has 3 rings (SSSR count). The molecule has 0 spiro atoms. The minimum Gasteiger partial charge on any atom is -0.366 e. The van der Waals surface area contributed by atoms with Crippen molar-refractivity contribution in [3.8, 4) is 0 Å². The van der Waals surface area contributed by atoms with Crippen molar-refractivity contribution >= 4 is 41.8 Å². The second kappa shape index (κ2) is 9.22. The summed E-state index contributed by atoms with van der Waals surface area (Å²) in [5, 5.41) is 6.24. The Morgan fingerprint density at radius 1 is 1.33 bits per heavy atom.